The van der Waals surface area contributed by atoms with Gasteiger partial charge in [0.25, 0.3) is 0 Å². The molecule has 0 amide bonds. The second-order valence-corrected chi connectivity index (χ2v) is 5.58. The zero-order valence-electron chi connectivity index (χ0n) is 12.1. The van der Waals surface area contributed by atoms with E-state index in [4.69, 9.17) is 18.0 Å². The van der Waals surface area contributed by atoms with Crippen LogP contribution >= 0.6 is 12.2 Å². The molecule has 0 aliphatic carbocycles. The maximum absolute atomic E-state index is 5.81. The highest BCUT2D eigenvalue weighted by molar-refractivity contribution is 7.80. The average molecular weight is 284 g/mol. The molecule has 3 heteroatoms. The zero-order chi connectivity index (χ0) is 14.7. The number of nitrogens with one attached hydrogen (secondary N) is 1. The van der Waals surface area contributed by atoms with Gasteiger partial charge in [-0.05, 0) is 38.0 Å². The number of aryl methyl sites for hydroxylation is 2. The van der Waals surface area contributed by atoms with Gasteiger partial charge in [-0.25, -0.2) is 0 Å². The second-order valence-electron chi connectivity index (χ2n) is 5.14. The molecular formula is C17H20N2S. The molecular weight excluding hydrogens is 264 g/mol. The van der Waals surface area contributed by atoms with E-state index < -0.39 is 0 Å². The van der Waals surface area contributed by atoms with Gasteiger partial charge in [-0.2, -0.15) is 0 Å². The Hall–Kier alpha value is -1.87. The van der Waals surface area contributed by atoms with Crippen molar-refractivity contribution in [3.05, 3.63) is 64.7 Å². The molecule has 2 nitrogen and oxygen atoms in total. The number of hydrogen-bond acceptors (Lipinski definition) is 2. The monoisotopic (exact) mass is 284 g/mol. The molecule has 20 heavy (non-hydrogen) atoms. The van der Waals surface area contributed by atoms with Gasteiger partial charge in [0.2, 0.25) is 0 Å². The molecule has 104 valence electrons. The van der Waals surface area contributed by atoms with Crippen molar-refractivity contribution in [3.8, 4) is 0 Å². The van der Waals surface area contributed by atoms with Gasteiger partial charge < -0.3 is 11.1 Å². The van der Waals surface area contributed by atoms with Crippen LogP contribution in [0, 0.1) is 13.8 Å². The molecule has 2 aromatic carbocycles. The van der Waals surface area contributed by atoms with Crippen molar-refractivity contribution in [2.45, 2.75) is 26.8 Å². The van der Waals surface area contributed by atoms with Crippen molar-refractivity contribution in [1.29, 1.82) is 0 Å². The van der Waals surface area contributed by atoms with Gasteiger partial charge in [-0.15, -0.1) is 0 Å². The Bertz CT molecular complexity index is 617. The van der Waals surface area contributed by atoms with E-state index >= 15 is 0 Å². The number of anilines is 1. The molecule has 0 aliphatic rings. The predicted octanol–water partition coefficient (Wildman–Crippen LogP) is 4.11. The van der Waals surface area contributed by atoms with Crippen LogP contribution in [0.4, 0.5) is 5.69 Å². The molecule has 2 rings (SSSR count). The summed E-state index contributed by atoms with van der Waals surface area (Å²) in [6.45, 7) is 6.29. The number of nitrogens with two attached hydrogens (primary N) is 1. The molecule has 0 fully saturated rings. The Morgan fingerprint density at radius 2 is 1.75 bits per heavy atom. The van der Waals surface area contributed by atoms with Gasteiger partial charge in [0.1, 0.15) is 4.99 Å². The van der Waals surface area contributed by atoms with E-state index in [1.54, 1.807) is 0 Å². The molecule has 2 aromatic rings. The number of thiocarbonyl (C=S) groups is 1. The Morgan fingerprint density at radius 1 is 1.10 bits per heavy atom. The van der Waals surface area contributed by atoms with Crippen molar-refractivity contribution in [2.24, 2.45) is 5.73 Å². The lowest BCUT2D eigenvalue weighted by Crippen LogP contribution is -2.16. The third kappa shape index (κ3) is 3.17. The SMILES string of the molecule is Cc1ccc(C(C)Nc2c(C)cccc2C(N)=S)cc1. The van der Waals surface area contributed by atoms with E-state index in [1.807, 2.05) is 12.1 Å². The maximum atomic E-state index is 5.81. The normalized spacial score (nSPS) is 11.9. The van der Waals surface area contributed by atoms with E-state index in [0.29, 0.717) is 4.99 Å². The van der Waals surface area contributed by atoms with Gasteiger partial charge >= 0.3 is 0 Å². The van der Waals surface area contributed by atoms with E-state index in [9.17, 15) is 0 Å². The predicted molar refractivity (Wildman–Crippen MR) is 90.3 cm³/mol. The molecule has 0 heterocycles. The number of rotatable bonds is 4. The highest BCUT2D eigenvalue weighted by Gasteiger charge is 2.11. The average Bonchev–Trinajstić information content (AvgIpc) is 2.41. The summed E-state index contributed by atoms with van der Waals surface area (Å²) in [5, 5.41) is 3.53. The van der Waals surface area contributed by atoms with Gasteiger partial charge in [0.05, 0.1) is 0 Å². The van der Waals surface area contributed by atoms with E-state index in [-0.39, 0.29) is 6.04 Å². The van der Waals surface area contributed by atoms with Crippen LogP contribution in [0.5, 0.6) is 0 Å². The van der Waals surface area contributed by atoms with E-state index in [0.717, 1.165) is 16.8 Å². The van der Waals surface area contributed by atoms with Crippen LogP contribution < -0.4 is 11.1 Å². The minimum absolute atomic E-state index is 0.199. The maximum Gasteiger partial charge on any atom is 0.106 e. The summed E-state index contributed by atoms with van der Waals surface area (Å²) >= 11 is 5.13. The Morgan fingerprint density at radius 3 is 2.35 bits per heavy atom. The summed E-state index contributed by atoms with van der Waals surface area (Å²) in [7, 11) is 0. The van der Waals surface area contributed by atoms with Crippen LogP contribution in [0.25, 0.3) is 0 Å². The third-order valence-corrected chi connectivity index (χ3v) is 3.70. The van der Waals surface area contributed by atoms with Gasteiger partial charge in [-0.1, -0.05) is 54.2 Å². The standard InChI is InChI=1S/C17H20N2S/c1-11-7-9-14(10-8-11)13(3)19-16-12(2)5-4-6-15(16)17(18)20/h4-10,13,19H,1-3H3,(H2,18,20). The fraction of sp³-hybridized carbons (Fsp3) is 0.235. The van der Waals surface area contributed by atoms with Crippen LogP contribution in [0.3, 0.4) is 0 Å². The van der Waals surface area contributed by atoms with E-state index in [1.165, 1.54) is 11.1 Å². The highest BCUT2D eigenvalue weighted by Crippen LogP contribution is 2.26. The van der Waals surface area contributed by atoms with Crippen LogP contribution in [-0.2, 0) is 0 Å². The first-order valence-electron chi connectivity index (χ1n) is 6.71. The van der Waals surface area contributed by atoms with Crippen molar-refractivity contribution < 1.29 is 0 Å². The second kappa shape index (κ2) is 6.06. The van der Waals surface area contributed by atoms with Crippen molar-refractivity contribution in [1.82, 2.24) is 0 Å². The fourth-order valence-electron chi connectivity index (χ4n) is 2.22. The number of hydrogen-bond donors (Lipinski definition) is 2. The molecule has 1 unspecified atom stereocenters. The van der Waals surface area contributed by atoms with Crippen LogP contribution in [-0.4, -0.2) is 4.99 Å². The first-order chi connectivity index (χ1) is 9.49. The summed E-state index contributed by atoms with van der Waals surface area (Å²) in [5.74, 6) is 0. The van der Waals surface area contributed by atoms with Crippen LogP contribution in [0.1, 0.15) is 35.2 Å². The molecule has 0 bridgehead atoms. The molecule has 0 saturated carbocycles. The summed E-state index contributed by atoms with van der Waals surface area (Å²) in [4.78, 5) is 0.423. The Kier molecular flexibility index (Phi) is 4.40. The number of para-hydroxylation sites is 1. The summed E-state index contributed by atoms with van der Waals surface area (Å²) < 4.78 is 0. The molecule has 0 aromatic heterocycles. The van der Waals surface area contributed by atoms with Crippen LogP contribution in [0.2, 0.25) is 0 Å². The molecule has 0 radical (unpaired) electrons. The largest absolute Gasteiger partial charge is 0.389 e. The lowest BCUT2D eigenvalue weighted by molar-refractivity contribution is 0.881. The zero-order valence-corrected chi connectivity index (χ0v) is 12.9. The van der Waals surface area contributed by atoms with Crippen molar-refractivity contribution >= 4 is 22.9 Å². The highest BCUT2D eigenvalue weighted by atomic mass is 32.1. The lowest BCUT2D eigenvalue weighted by atomic mass is 10.0. The van der Waals surface area contributed by atoms with Crippen molar-refractivity contribution in [3.63, 3.8) is 0 Å². The molecule has 1 atom stereocenters. The first kappa shape index (κ1) is 14.5. The van der Waals surface area contributed by atoms with Gasteiger partial charge in [0.15, 0.2) is 0 Å². The van der Waals surface area contributed by atoms with Crippen molar-refractivity contribution in [2.75, 3.05) is 5.32 Å². The van der Waals surface area contributed by atoms with Crippen LogP contribution in [0.15, 0.2) is 42.5 Å². The lowest BCUT2D eigenvalue weighted by Gasteiger charge is -2.20. The van der Waals surface area contributed by atoms with E-state index in [2.05, 4.69) is 56.4 Å². The van der Waals surface area contributed by atoms with Gasteiger partial charge in [0, 0.05) is 17.3 Å². The Labute approximate surface area is 126 Å². The smallest absolute Gasteiger partial charge is 0.106 e. The molecule has 0 saturated heterocycles. The summed E-state index contributed by atoms with van der Waals surface area (Å²) in [5.41, 5.74) is 11.4. The Balaban J connectivity index is 2.30. The molecule has 0 aliphatic heterocycles. The van der Waals surface area contributed by atoms with Gasteiger partial charge in [-0.3, -0.25) is 0 Å². The fourth-order valence-corrected chi connectivity index (χ4v) is 2.39. The minimum Gasteiger partial charge on any atom is -0.389 e. The molecule has 0 spiro atoms. The summed E-state index contributed by atoms with van der Waals surface area (Å²) in [6, 6.07) is 14.7. The topological polar surface area (TPSA) is 38.0 Å². The first-order valence-corrected chi connectivity index (χ1v) is 7.12. The molecule has 3 N–H and O–H groups in total. The summed E-state index contributed by atoms with van der Waals surface area (Å²) in [6.07, 6.45) is 0. The quantitative estimate of drug-likeness (QED) is 0.830. The third-order valence-electron chi connectivity index (χ3n) is 3.48. The number of benzene rings is 2. The minimum atomic E-state index is 0.199.